The van der Waals surface area contributed by atoms with E-state index < -0.39 is 8.32 Å². The second-order valence-electron chi connectivity index (χ2n) is 10.1. The minimum atomic E-state index is -1.69. The molecule has 0 amide bonds. The van der Waals surface area contributed by atoms with E-state index in [1.165, 1.54) is 0 Å². The van der Waals surface area contributed by atoms with Crippen molar-refractivity contribution in [3.05, 3.63) is 30.3 Å². The molecule has 0 fully saturated rings. The maximum atomic E-state index is 6.07. The molecule has 0 N–H and O–H groups in total. The zero-order chi connectivity index (χ0) is 27.8. The maximum Gasteiger partial charge on any atom is 0.192 e. The second kappa shape index (κ2) is 22.7. The molecule has 0 aromatic heterocycles. The minimum Gasteiger partial charge on any atom is -0.491 e. The van der Waals surface area contributed by atoms with Crippen LogP contribution in [-0.2, 0) is 37.6 Å². The summed E-state index contributed by atoms with van der Waals surface area (Å²) in [6.45, 7) is 19.9. The van der Waals surface area contributed by atoms with E-state index in [1.807, 2.05) is 30.3 Å². The van der Waals surface area contributed by atoms with Gasteiger partial charge in [-0.2, -0.15) is 0 Å². The van der Waals surface area contributed by atoms with E-state index >= 15 is 0 Å². The smallest absolute Gasteiger partial charge is 0.192 e. The molecule has 38 heavy (non-hydrogen) atoms. The predicted molar refractivity (Wildman–Crippen MR) is 151 cm³/mol. The van der Waals surface area contributed by atoms with Crippen molar-refractivity contribution < 1.29 is 42.3 Å². The minimum absolute atomic E-state index is 0.223. The monoisotopic (exact) mass is 560 g/mol. The first-order chi connectivity index (χ1) is 18.3. The van der Waals surface area contributed by atoms with Crippen molar-refractivity contribution >= 4 is 8.32 Å². The molecule has 1 aromatic rings. The molecule has 222 valence electrons. The molecule has 0 unspecified atom stereocenters. The SMILES string of the molecule is CC(C)(C)[Si](C)(C)OCCOCCOCCOCCOCCOCCOCCOCCOc1ccccc1. The quantitative estimate of drug-likeness (QED) is 0.122. The molecule has 0 aliphatic carbocycles. The first kappa shape index (κ1) is 34.9. The van der Waals surface area contributed by atoms with Gasteiger partial charge in [0, 0.05) is 0 Å². The van der Waals surface area contributed by atoms with Crippen LogP contribution in [-0.4, -0.2) is 114 Å². The average Bonchev–Trinajstić information content (AvgIpc) is 2.88. The van der Waals surface area contributed by atoms with Gasteiger partial charge in [0.1, 0.15) is 12.4 Å². The molecule has 0 aliphatic rings. The Bertz CT molecular complexity index is 641. The fourth-order valence-electron chi connectivity index (χ4n) is 2.73. The summed E-state index contributed by atoms with van der Waals surface area (Å²) in [4.78, 5) is 0. The molecule has 0 radical (unpaired) electrons. The van der Waals surface area contributed by atoms with Gasteiger partial charge in [-0.3, -0.25) is 0 Å². The number of ether oxygens (including phenoxy) is 8. The van der Waals surface area contributed by atoms with Crippen LogP contribution in [0, 0.1) is 0 Å². The van der Waals surface area contributed by atoms with Crippen LogP contribution in [0.5, 0.6) is 5.75 Å². The first-order valence-corrected chi connectivity index (χ1v) is 16.6. The molecule has 0 saturated heterocycles. The van der Waals surface area contributed by atoms with Crippen LogP contribution in [0.15, 0.2) is 30.3 Å². The summed E-state index contributed by atoms with van der Waals surface area (Å²) in [5.41, 5.74) is 0. The third-order valence-corrected chi connectivity index (χ3v) is 10.5. The molecule has 1 rings (SSSR count). The van der Waals surface area contributed by atoms with Crippen molar-refractivity contribution in [2.75, 3.05) is 106 Å². The summed E-state index contributed by atoms with van der Waals surface area (Å²) in [5, 5.41) is 0.223. The second-order valence-corrected chi connectivity index (χ2v) is 14.9. The third kappa shape index (κ3) is 19.9. The zero-order valence-electron chi connectivity index (χ0n) is 24.4. The fraction of sp³-hybridized carbons (Fsp3) is 0.786. The standard InChI is InChI=1S/C28H52O9Si/c1-28(2,3)38(4,5)37-26-24-35-22-20-33-18-16-31-14-12-29-11-13-30-15-17-32-19-21-34-23-25-36-27-9-7-6-8-10-27/h6-10H,11-26H2,1-5H3. The van der Waals surface area contributed by atoms with Gasteiger partial charge in [0.25, 0.3) is 0 Å². The highest BCUT2D eigenvalue weighted by Gasteiger charge is 2.36. The van der Waals surface area contributed by atoms with Gasteiger partial charge in [0.15, 0.2) is 8.32 Å². The highest BCUT2D eigenvalue weighted by molar-refractivity contribution is 6.74. The van der Waals surface area contributed by atoms with Gasteiger partial charge >= 0.3 is 0 Å². The van der Waals surface area contributed by atoms with Gasteiger partial charge in [0.05, 0.1) is 99.1 Å². The van der Waals surface area contributed by atoms with Crippen LogP contribution in [0.25, 0.3) is 0 Å². The largest absolute Gasteiger partial charge is 0.491 e. The Balaban J connectivity index is 1.69. The van der Waals surface area contributed by atoms with Crippen LogP contribution in [0.4, 0.5) is 0 Å². The Morgan fingerprint density at radius 3 is 1.13 bits per heavy atom. The Hall–Kier alpha value is -1.08. The fourth-order valence-corrected chi connectivity index (χ4v) is 3.76. The highest BCUT2D eigenvalue weighted by Crippen LogP contribution is 2.36. The van der Waals surface area contributed by atoms with Crippen molar-refractivity contribution in [1.29, 1.82) is 0 Å². The molecular weight excluding hydrogens is 508 g/mol. The van der Waals surface area contributed by atoms with Crippen LogP contribution in [0.1, 0.15) is 20.8 Å². The van der Waals surface area contributed by atoms with Gasteiger partial charge in [-0.15, -0.1) is 0 Å². The molecule has 0 heterocycles. The summed E-state index contributed by atoms with van der Waals surface area (Å²) in [6, 6.07) is 9.69. The topological polar surface area (TPSA) is 83.1 Å². The lowest BCUT2D eigenvalue weighted by Gasteiger charge is -2.36. The lowest BCUT2D eigenvalue weighted by atomic mass is 10.2. The summed E-state index contributed by atoms with van der Waals surface area (Å²) in [5.74, 6) is 0.849. The molecule has 10 heteroatoms. The number of hydrogen-bond acceptors (Lipinski definition) is 9. The lowest BCUT2D eigenvalue weighted by molar-refractivity contribution is -0.0220. The van der Waals surface area contributed by atoms with E-state index in [9.17, 15) is 0 Å². The Morgan fingerprint density at radius 2 is 0.789 bits per heavy atom. The van der Waals surface area contributed by atoms with E-state index in [0.717, 1.165) is 5.75 Å². The predicted octanol–water partition coefficient (Wildman–Crippen LogP) is 4.20. The van der Waals surface area contributed by atoms with Crippen LogP contribution in [0.3, 0.4) is 0 Å². The lowest BCUT2D eigenvalue weighted by Crippen LogP contribution is -2.41. The number of para-hydroxylation sites is 1. The molecular formula is C28H52O9Si. The Labute approximate surface area is 231 Å². The number of hydrogen-bond donors (Lipinski definition) is 0. The molecule has 0 saturated carbocycles. The van der Waals surface area contributed by atoms with Crippen molar-refractivity contribution in [2.45, 2.75) is 38.9 Å². The Morgan fingerprint density at radius 1 is 0.474 bits per heavy atom. The van der Waals surface area contributed by atoms with Crippen molar-refractivity contribution in [3.8, 4) is 5.75 Å². The number of benzene rings is 1. The average molecular weight is 561 g/mol. The third-order valence-electron chi connectivity index (χ3n) is 5.97. The van der Waals surface area contributed by atoms with Crippen molar-refractivity contribution in [2.24, 2.45) is 0 Å². The zero-order valence-corrected chi connectivity index (χ0v) is 25.4. The first-order valence-electron chi connectivity index (χ1n) is 13.7. The summed E-state index contributed by atoms with van der Waals surface area (Å²) >= 11 is 0. The van der Waals surface area contributed by atoms with E-state index in [0.29, 0.717) is 106 Å². The van der Waals surface area contributed by atoms with E-state index in [4.69, 9.17) is 42.3 Å². The molecule has 0 spiro atoms. The van der Waals surface area contributed by atoms with Gasteiger partial charge < -0.3 is 42.3 Å². The highest BCUT2D eigenvalue weighted by atomic mass is 28.4. The normalized spacial score (nSPS) is 12.2. The van der Waals surface area contributed by atoms with Crippen molar-refractivity contribution in [3.63, 3.8) is 0 Å². The number of rotatable bonds is 26. The summed E-state index contributed by atoms with van der Waals surface area (Å²) in [7, 11) is -1.69. The Kier molecular flexibility index (Phi) is 20.9. The molecule has 1 aromatic carbocycles. The van der Waals surface area contributed by atoms with Crippen molar-refractivity contribution in [1.82, 2.24) is 0 Å². The maximum absolute atomic E-state index is 6.07. The molecule has 0 aliphatic heterocycles. The van der Waals surface area contributed by atoms with E-state index in [1.54, 1.807) is 0 Å². The van der Waals surface area contributed by atoms with Crippen LogP contribution >= 0.6 is 0 Å². The van der Waals surface area contributed by atoms with E-state index in [-0.39, 0.29) is 5.04 Å². The van der Waals surface area contributed by atoms with Gasteiger partial charge in [-0.1, -0.05) is 39.0 Å². The molecule has 9 nitrogen and oxygen atoms in total. The van der Waals surface area contributed by atoms with Crippen LogP contribution < -0.4 is 4.74 Å². The van der Waals surface area contributed by atoms with Gasteiger partial charge in [-0.05, 0) is 30.3 Å². The molecule has 0 bridgehead atoms. The molecule has 0 atom stereocenters. The van der Waals surface area contributed by atoms with Gasteiger partial charge in [0.2, 0.25) is 0 Å². The summed E-state index contributed by atoms with van der Waals surface area (Å²) in [6.07, 6.45) is 0. The van der Waals surface area contributed by atoms with E-state index in [2.05, 4.69) is 33.9 Å². The van der Waals surface area contributed by atoms with Crippen LogP contribution in [0.2, 0.25) is 18.1 Å². The van der Waals surface area contributed by atoms with Gasteiger partial charge in [-0.25, -0.2) is 0 Å². The summed E-state index contributed by atoms with van der Waals surface area (Å²) < 4.78 is 50.1.